The molecule has 0 spiro atoms. The standard InChI is InChI=1S/C17H29NS/c1-14(2)7-6-10-19-17-9-5-8-16(11-17)13-18-12-15(3)4/h5,8-9,11,14-15,18H,6-7,10,12-13H2,1-4H3. The van der Waals surface area contributed by atoms with Crippen LogP contribution in [0.15, 0.2) is 29.2 Å². The summed E-state index contributed by atoms with van der Waals surface area (Å²) in [5.74, 6) is 2.78. The van der Waals surface area contributed by atoms with Crippen LogP contribution in [-0.4, -0.2) is 12.3 Å². The molecular formula is C17H29NS. The van der Waals surface area contributed by atoms with Crippen molar-refractivity contribution in [3.63, 3.8) is 0 Å². The highest BCUT2D eigenvalue weighted by Gasteiger charge is 1.99. The summed E-state index contributed by atoms with van der Waals surface area (Å²) in [6.07, 6.45) is 2.65. The molecule has 1 nitrogen and oxygen atoms in total. The Morgan fingerprint density at radius 2 is 1.89 bits per heavy atom. The number of benzene rings is 1. The quantitative estimate of drug-likeness (QED) is 0.506. The Morgan fingerprint density at radius 1 is 1.11 bits per heavy atom. The molecular weight excluding hydrogens is 250 g/mol. The van der Waals surface area contributed by atoms with Gasteiger partial charge in [0.05, 0.1) is 0 Å². The Balaban J connectivity index is 2.31. The molecule has 0 fully saturated rings. The van der Waals surface area contributed by atoms with E-state index in [0.717, 1.165) is 19.0 Å². The Morgan fingerprint density at radius 3 is 2.58 bits per heavy atom. The van der Waals surface area contributed by atoms with Crippen molar-refractivity contribution in [2.75, 3.05) is 12.3 Å². The monoisotopic (exact) mass is 279 g/mol. The summed E-state index contributed by atoms with van der Waals surface area (Å²) in [5, 5.41) is 3.50. The van der Waals surface area contributed by atoms with Gasteiger partial charge in [-0.2, -0.15) is 0 Å². The van der Waals surface area contributed by atoms with Gasteiger partial charge in [0.2, 0.25) is 0 Å². The smallest absolute Gasteiger partial charge is 0.0206 e. The van der Waals surface area contributed by atoms with Crippen LogP contribution < -0.4 is 5.32 Å². The summed E-state index contributed by atoms with van der Waals surface area (Å²) in [4.78, 5) is 1.41. The maximum absolute atomic E-state index is 3.50. The Labute approximate surface area is 123 Å². The minimum absolute atomic E-state index is 0.716. The molecule has 2 heteroatoms. The molecule has 108 valence electrons. The Kier molecular flexibility index (Phi) is 8.24. The maximum atomic E-state index is 3.50. The Hall–Kier alpha value is -0.470. The first-order valence-corrected chi connectivity index (χ1v) is 8.49. The average molecular weight is 279 g/mol. The van der Waals surface area contributed by atoms with Gasteiger partial charge in [-0.25, -0.2) is 0 Å². The molecule has 0 saturated heterocycles. The van der Waals surface area contributed by atoms with Crippen LogP contribution in [0.4, 0.5) is 0 Å². The van der Waals surface area contributed by atoms with Gasteiger partial charge >= 0.3 is 0 Å². The summed E-state index contributed by atoms with van der Waals surface area (Å²) in [6, 6.07) is 8.95. The molecule has 1 aromatic carbocycles. The van der Waals surface area contributed by atoms with E-state index in [9.17, 15) is 0 Å². The molecule has 0 unspecified atom stereocenters. The van der Waals surface area contributed by atoms with Crippen molar-refractivity contribution in [2.45, 2.75) is 52.0 Å². The molecule has 0 aliphatic carbocycles. The molecule has 19 heavy (non-hydrogen) atoms. The molecule has 0 saturated carbocycles. The lowest BCUT2D eigenvalue weighted by Crippen LogP contribution is -2.18. The van der Waals surface area contributed by atoms with Crippen LogP contribution in [0.25, 0.3) is 0 Å². The fraction of sp³-hybridized carbons (Fsp3) is 0.647. The van der Waals surface area contributed by atoms with Crippen molar-refractivity contribution >= 4 is 11.8 Å². The van der Waals surface area contributed by atoms with Crippen LogP contribution in [0.2, 0.25) is 0 Å². The van der Waals surface area contributed by atoms with Gasteiger partial charge < -0.3 is 5.32 Å². The fourth-order valence-corrected chi connectivity index (χ4v) is 2.89. The molecule has 0 amide bonds. The van der Waals surface area contributed by atoms with E-state index in [4.69, 9.17) is 0 Å². The summed E-state index contributed by atoms with van der Waals surface area (Å²) in [5.41, 5.74) is 1.40. The van der Waals surface area contributed by atoms with Crippen molar-refractivity contribution in [3.8, 4) is 0 Å². The lowest BCUT2D eigenvalue weighted by molar-refractivity contribution is 0.552. The average Bonchev–Trinajstić information content (AvgIpc) is 2.34. The van der Waals surface area contributed by atoms with E-state index >= 15 is 0 Å². The molecule has 1 rings (SSSR count). The third kappa shape index (κ3) is 8.33. The zero-order chi connectivity index (χ0) is 14.1. The van der Waals surface area contributed by atoms with Gasteiger partial charge in [0.15, 0.2) is 0 Å². The van der Waals surface area contributed by atoms with Gasteiger partial charge in [-0.1, -0.05) is 46.2 Å². The third-order valence-electron chi connectivity index (χ3n) is 2.97. The molecule has 0 atom stereocenters. The predicted molar refractivity (Wildman–Crippen MR) is 87.8 cm³/mol. The van der Waals surface area contributed by atoms with Crippen LogP contribution in [0.3, 0.4) is 0 Å². The van der Waals surface area contributed by atoms with Gasteiger partial charge in [-0.15, -0.1) is 11.8 Å². The topological polar surface area (TPSA) is 12.0 Å². The first-order chi connectivity index (χ1) is 9.08. The van der Waals surface area contributed by atoms with E-state index in [1.165, 1.54) is 29.1 Å². The van der Waals surface area contributed by atoms with E-state index in [1.807, 2.05) is 11.8 Å². The molecule has 0 radical (unpaired) electrons. The van der Waals surface area contributed by atoms with Gasteiger partial charge in [0.25, 0.3) is 0 Å². The molecule has 1 N–H and O–H groups in total. The second kappa shape index (κ2) is 9.44. The van der Waals surface area contributed by atoms with E-state index in [-0.39, 0.29) is 0 Å². The minimum atomic E-state index is 0.716. The van der Waals surface area contributed by atoms with Crippen molar-refractivity contribution in [1.29, 1.82) is 0 Å². The summed E-state index contributed by atoms with van der Waals surface area (Å²) < 4.78 is 0. The Bertz CT molecular complexity index is 347. The molecule has 0 bridgehead atoms. The number of rotatable bonds is 9. The second-order valence-corrected chi connectivity index (χ2v) is 7.23. The van der Waals surface area contributed by atoms with Crippen molar-refractivity contribution in [3.05, 3.63) is 29.8 Å². The zero-order valence-electron chi connectivity index (χ0n) is 12.9. The highest BCUT2D eigenvalue weighted by atomic mass is 32.2. The zero-order valence-corrected chi connectivity index (χ0v) is 13.7. The van der Waals surface area contributed by atoms with Crippen LogP contribution in [0, 0.1) is 11.8 Å². The van der Waals surface area contributed by atoms with Crippen LogP contribution >= 0.6 is 11.8 Å². The normalized spacial score (nSPS) is 11.5. The highest BCUT2D eigenvalue weighted by molar-refractivity contribution is 7.99. The minimum Gasteiger partial charge on any atom is -0.312 e. The number of hydrogen-bond acceptors (Lipinski definition) is 2. The number of thioether (sulfide) groups is 1. The summed E-state index contributed by atoms with van der Waals surface area (Å²) in [7, 11) is 0. The number of hydrogen-bond donors (Lipinski definition) is 1. The third-order valence-corrected chi connectivity index (χ3v) is 4.05. The lowest BCUT2D eigenvalue weighted by Gasteiger charge is -2.09. The predicted octanol–water partition coefficient (Wildman–Crippen LogP) is 4.96. The molecule has 0 aromatic heterocycles. The summed E-state index contributed by atoms with van der Waals surface area (Å²) in [6.45, 7) is 11.2. The van der Waals surface area contributed by atoms with Crippen LogP contribution in [0.1, 0.15) is 46.1 Å². The van der Waals surface area contributed by atoms with Crippen LogP contribution in [-0.2, 0) is 6.54 Å². The van der Waals surface area contributed by atoms with Crippen molar-refractivity contribution in [2.24, 2.45) is 11.8 Å². The van der Waals surface area contributed by atoms with Gasteiger partial charge in [-0.3, -0.25) is 0 Å². The lowest BCUT2D eigenvalue weighted by atomic mass is 10.1. The van der Waals surface area contributed by atoms with Gasteiger partial charge in [-0.05, 0) is 48.3 Å². The first-order valence-electron chi connectivity index (χ1n) is 7.50. The van der Waals surface area contributed by atoms with Gasteiger partial charge in [0.1, 0.15) is 0 Å². The van der Waals surface area contributed by atoms with E-state index in [0.29, 0.717) is 5.92 Å². The molecule has 0 aliphatic heterocycles. The van der Waals surface area contributed by atoms with Crippen molar-refractivity contribution < 1.29 is 0 Å². The maximum Gasteiger partial charge on any atom is 0.0206 e. The largest absolute Gasteiger partial charge is 0.312 e. The first kappa shape index (κ1) is 16.6. The molecule has 0 heterocycles. The molecule has 0 aliphatic rings. The van der Waals surface area contributed by atoms with Crippen LogP contribution in [0.5, 0.6) is 0 Å². The summed E-state index contributed by atoms with van der Waals surface area (Å²) >= 11 is 1.99. The molecule has 1 aromatic rings. The van der Waals surface area contributed by atoms with E-state index in [2.05, 4.69) is 57.3 Å². The SMILES string of the molecule is CC(C)CCCSc1cccc(CNCC(C)C)c1. The second-order valence-electron chi connectivity index (χ2n) is 6.06. The highest BCUT2D eigenvalue weighted by Crippen LogP contribution is 2.21. The van der Waals surface area contributed by atoms with Gasteiger partial charge in [0, 0.05) is 11.4 Å². The number of nitrogens with one attached hydrogen (secondary N) is 1. The van der Waals surface area contributed by atoms with Crippen molar-refractivity contribution in [1.82, 2.24) is 5.32 Å². The van der Waals surface area contributed by atoms with E-state index < -0.39 is 0 Å². The van der Waals surface area contributed by atoms with E-state index in [1.54, 1.807) is 0 Å². The fourth-order valence-electron chi connectivity index (χ4n) is 1.93.